The topological polar surface area (TPSA) is 119 Å². The maximum absolute atomic E-state index is 12.2. The van der Waals surface area contributed by atoms with Crippen molar-refractivity contribution in [3.05, 3.63) is 60.4 Å². The van der Waals surface area contributed by atoms with Gasteiger partial charge in [-0.2, -0.15) is 0 Å². The Kier molecular flexibility index (Phi) is 6.98. The molecule has 9 heteroatoms. The van der Waals surface area contributed by atoms with Crippen LogP contribution >= 0.6 is 0 Å². The van der Waals surface area contributed by atoms with E-state index in [2.05, 4.69) is 20.8 Å². The van der Waals surface area contributed by atoms with Gasteiger partial charge in [0.2, 0.25) is 0 Å². The van der Waals surface area contributed by atoms with Gasteiger partial charge in [0, 0.05) is 37.0 Å². The highest BCUT2D eigenvalue weighted by molar-refractivity contribution is 5.89. The van der Waals surface area contributed by atoms with Gasteiger partial charge in [-0.3, -0.25) is 4.98 Å². The van der Waals surface area contributed by atoms with Crippen LogP contribution < -0.4 is 15.4 Å². The van der Waals surface area contributed by atoms with Crippen molar-refractivity contribution in [1.82, 2.24) is 15.5 Å². The van der Waals surface area contributed by atoms with Crippen molar-refractivity contribution in [3.8, 4) is 17.2 Å². The zero-order chi connectivity index (χ0) is 22.3. The number of carbonyl (C=O) groups is 1. The van der Waals surface area contributed by atoms with E-state index in [4.69, 9.17) is 14.0 Å². The SMILES string of the molecule is COc1cccc(NC(=O)NC[C@H]2O[C@H](Cc3cc(-c4ccccn4)on3)CC[C@@H]2O)c1. The maximum atomic E-state index is 12.2. The average Bonchev–Trinajstić information content (AvgIpc) is 3.28. The largest absolute Gasteiger partial charge is 0.497 e. The van der Waals surface area contributed by atoms with Crippen LogP contribution in [0.1, 0.15) is 18.5 Å². The number of benzene rings is 1. The number of pyridine rings is 1. The minimum absolute atomic E-state index is 0.131. The Morgan fingerprint density at radius 2 is 2.12 bits per heavy atom. The van der Waals surface area contributed by atoms with Gasteiger partial charge in [0.25, 0.3) is 0 Å². The van der Waals surface area contributed by atoms with E-state index in [9.17, 15) is 9.90 Å². The molecular formula is C23H26N4O5. The predicted octanol–water partition coefficient (Wildman–Crippen LogP) is 3.02. The van der Waals surface area contributed by atoms with Crippen molar-refractivity contribution in [2.45, 2.75) is 37.6 Å². The molecule has 32 heavy (non-hydrogen) atoms. The van der Waals surface area contributed by atoms with Crippen LogP contribution in [0, 0.1) is 0 Å². The summed E-state index contributed by atoms with van der Waals surface area (Å²) in [5, 5.41) is 19.9. The number of aliphatic hydroxyl groups excluding tert-OH is 1. The van der Waals surface area contributed by atoms with E-state index in [-0.39, 0.29) is 18.7 Å². The normalized spacial score (nSPS) is 20.5. The lowest BCUT2D eigenvalue weighted by molar-refractivity contribution is -0.113. The number of urea groups is 1. The van der Waals surface area contributed by atoms with Crippen molar-refractivity contribution in [2.75, 3.05) is 19.0 Å². The van der Waals surface area contributed by atoms with Crippen LogP contribution in [0.3, 0.4) is 0 Å². The van der Waals surface area contributed by atoms with Gasteiger partial charge >= 0.3 is 6.03 Å². The van der Waals surface area contributed by atoms with Gasteiger partial charge in [0.1, 0.15) is 17.5 Å². The lowest BCUT2D eigenvalue weighted by Crippen LogP contribution is -2.47. The number of nitrogens with one attached hydrogen (secondary N) is 2. The lowest BCUT2D eigenvalue weighted by Gasteiger charge is -2.33. The fourth-order valence-corrected chi connectivity index (χ4v) is 3.62. The summed E-state index contributed by atoms with van der Waals surface area (Å²) in [7, 11) is 1.57. The Balaban J connectivity index is 1.28. The predicted molar refractivity (Wildman–Crippen MR) is 117 cm³/mol. The van der Waals surface area contributed by atoms with Crippen molar-refractivity contribution in [3.63, 3.8) is 0 Å². The second-order valence-corrected chi connectivity index (χ2v) is 7.61. The van der Waals surface area contributed by atoms with Crippen LogP contribution in [0.15, 0.2) is 59.3 Å². The highest BCUT2D eigenvalue weighted by Gasteiger charge is 2.31. The van der Waals surface area contributed by atoms with Gasteiger partial charge in [0.15, 0.2) is 5.76 Å². The molecule has 1 aromatic carbocycles. The van der Waals surface area contributed by atoms with Crippen molar-refractivity contribution in [2.24, 2.45) is 0 Å². The standard InChI is InChI=1S/C23H26N4O5/c1-30-17-6-4-5-15(11-17)26-23(29)25-14-22-20(28)9-8-18(31-22)12-16-13-21(32-27-16)19-7-2-3-10-24-19/h2-7,10-11,13,18,20,22,28H,8-9,12,14H2,1H3,(H2,25,26,29)/t18-,20-,22+/m0/s1. The number of anilines is 1. The smallest absolute Gasteiger partial charge is 0.319 e. The molecule has 0 spiro atoms. The molecule has 2 amide bonds. The van der Waals surface area contributed by atoms with Crippen LogP contribution in [0.2, 0.25) is 0 Å². The maximum Gasteiger partial charge on any atom is 0.319 e. The Hall–Kier alpha value is -3.43. The number of methoxy groups -OCH3 is 1. The summed E-state index contributed by atoms with van der Waals surface area (Å²) in [4.78, 5) is 16.5. The van der Waals surface area contributed by atoms with Crippen molar-refractivity contribution in [1.29, 1.82) is 0 Å². The molecule has 3 heterocycles. The molecule has 4 rings (SSSR count). The molecule has 168 valence electrons. The molecule has 2 aromatic heterocycles. The van der Waals surface area contributed by atoms with E-state index in [1.807, 2.05) is 24.3 Å². The Morgan fingerprint density at radius 1 is 1.22 bits per heavy atom. The van der Waals surface area contributed by atoms with E-state index in [0.717, 1.165) is 11.4 Å². The molecular weight excluding hydrogens is 412 g/mol. The molecule has 3 N–H and O–H groups in total. The number of nitrogens with zero attached hydrogens (tertiary/aromatic N) is 2. The average molecular weight is 438 g/mol. The fourth-order valence-electron chi connectivity index (χ4n) is 3.62. The number of carbonyl (C=O) groups excluding carboxylic acids is 1. The summed E-state index contributed by atoms with van der Waals surface area (Å²) in [5.41, 5.74) is 2.09. The number of aliphatic hydroxyl groups is 1. The number of rotatable bonds is 7. The van der Waals surface area contributed by atoms with Crippen LogP contribution in [0.4, 0.5) is 10.5 Å². The van der Waals surface area contributed by atoms with E-state index in [0.29, 0.717) is 36.5 Å². The summed E-state index contributed by atoms with van der Waals surface area (Å²) in [5.74, 6) is 1.25. The number of hydrogen-bond acceptors (Lipinski definition) is 7. The van der Waals surface area contributed by atoms with Gasteiger partial charge in [-0.25, -0.2) is 4.79 Å². The highest BCUT2D eigenvalue weighted by Crippen LogP contribution is 2.24. The minimum Gasteiger partial charge on any atom is -0.497 e. The van der Waals surface area contributed by atoms with E-state index in [1.54, 1.807) is 37.6 Å². The molecule has 3 aromatic rings. The van der Waals surface area contributed by atoms with Gasteiger partial charge < -0.3 is 29.7 Å². The number of amides is 2. The molecule has 0 radical (unpaired) electrons. The van der Waals surface area contributed by atoms with E-state index < -0.39 is 12.2 Å². The molecule has 9 nitrogen and oxygen atoms in total. The molecule has 1 aliphatic rings. The van der Waals surface area contributed by atoms with Gasteiger partial charge in [0.05, 0.1) is 25.0 Å². The number of ether oxygens (including phenoxy) is 2. The second kappa shape index (κ2) is 10.3. The third-order valence-electron chi connectivity index (χ3n) is 5.29. The van der Waals surface area contributed by atoms with Crippen molar-refractivity contribution < 1.29 is 23.9 Å². The first-order chi connectivity index (χ1) is 15.6. The Bertz CT molecular complexity index is 1030. The molecule has 0 aliphatic carbocycles. The highest BCUT2D eigenvalue weighted by atomic mass is 16.5. The van der Waals surface area contributed by atoms with Gasteiger partial charge in [-0.05, 0) is 37.1 Å². The zero-order valence-corrected chi connectivity index (χ0v) is 17.7. The molecule has 0 saturated carbocycles. The molecule has 3 atom stereocenters. The van der Waals surface area contributed by atoms with Crippen LogP contribution in [-0.4, -0.2) is 53.2 Å². The Labute approximate surface area is 185 Å². The molecule has 0 unspecified atom stereocenters. The quantitative estimate of drug-likeness (QED) is 0.519. The van der Waals surface area contributed by atoms with Gasteiger partial charge in [-0.15, -0.1) is 0 Å². The monoisotopic (exact) mass is 438 g/mol. The second-order valence-electron chi connectivity index (χ2n) is 7.61. The summed E-state index contributed by atoms with van der Waals surface area (Å²) in [6, 6.07) is 14.1. The lowest BCUT2D eigenvalue weighted by atomic mass is 9.98. The van der Waals surface area contributed by atoms with Crippen LogP contribution in [-0.2, 0) is 11.2 Å². The third-order valence-corrected chi connectivity index (χ3v) is 5.29. The third kappa shape index (κ3) is 5.63. The van der Waals surface area contributed by atoms with Gasteiger partial charge in [-0.1, -0.05) is 17.3 Å². The minimum atomic E-state index is -0.648. The van der Waals surface area contributed by atoms with E-state index >= 15 is 0 Å². The fraction of sp³-hybridized carbons (Fsp3) is 0.348. The first-order valence-electron chi connectivity index (χ1n) is 10.5. The number of hydrogen-bond donors (Lipinski definition) is 3. The summed E-state index contributed by atoms with van der Waals surface area (Å²) in [6.07, 6.45) is 2.24. The molecule has 1 fully saturated rings. The first kappa shape index (κ1) is 21.8. The Morgan fingerprint density at radius 3 is 2.94 bits per heavy atom. The molecule has 1 aliphatic heterocycles. The first-order valence-corrected chi connectivity index (χ1v) is 10.5. The number of aromatic nitrogens is 2. The van der Waals surface area contributed by atoms with Crippen LogP contribution in [0.25, 0.3) is 11.5 Å². The summed E-state index contributed by atoms with van der Waals surface area (Å²) >= 11 is 0. The van der Waals surface area contributed by atoms with E-state index in [1.165, 1.54) is 0 Å². The molecule has 0 bridgehead atoms. The summed E-state index contributed by atoms with van der Waals surface area (Å²) in [6.45, 7) is 0.186. The molecule has 1 saturated heterocycles. The zero-order valence-electron chi connectivity index (χ0n) is 17.7. The van der Waals surface area contributed by atoms with Crippen molar-refractivity contribution >= 4 is 11.7 Å². The van der Waals surface area contributed by atoms with Crippen LogP contribution in [0.5, 0.6) is 5.75 Å². The summed E-state index contributed by atoms with van der Waals surface area (Å²) < 4.78 is 16.6.